The van der Waals surface area contributed by atoms with Crippen molar-refractivity contribution in [3.8, 4) is 0 Å². The molecule has 1 aliphatic carbocycles. The van der Waals surface area contributed by atoms with Crippen LogP contribution < -0.4 is 0 Å². The van der Waals surface area contributed by atoms with Crippen LogP contribution in [0.4, 0.5) is 4.79 Å². The summed E-state index contributed by atoms with van der Waals surface area (Å²) >= 11 is 0. The maximum atomic E-state index is 13.1. The van der Waals surface area contributed by atoms with E-state index in [1.165, 1.54) is 19.3 Å². The van der Waals surface area contributed by atoms with Crippen LogP contribution in [0.15, 0.2) is 42.0 Å². The van der Waals surface area contributed by atoms with Crippen molar-refractivity contribution < 1.29 is 29.2 Å². The van der Waals surface area contributed by atoms with E-state index in [1.54, 1.807) is 4.90 Å². The van der Waals surface area contributed by atoms with Gasteiger partial charge in [0.05, 0.1) is 12.6 Å². The first kappa shape index (κ1) is 26.7. The van der Waals surface area contributed by atoms with Crippen LogP contribution in [0.1, 0.15) is 78.1 Å². The Morgan fingerprint density at radius 3 is 2.41 bits per heavy atom. The molecule has 0 bridgehead atoms. The Kier molecular flexibility index (Phi) is 9.54. The molecular formula is C27H41NO6. The first-order chi connectivity index (χ1) is 16.2. The van der Waals surface area contributed by atoms with Crippen molar-refractivity contribution in [3.05, 3.63) is 47.5 Å². The van der Waals surface area contributed by atoms with Crippen LogP contribution in [0.25, 0.3) is 0 Å². The maximum Gasteiger partial charge on any atom is 0.410 e. The van der Waals surface area contributed by atoms with Gasteiger partial charge in [0.2, 0.25) is 0 Å². The summed E-state index contributed by atoms with van der Waals surface area (Å²) in [6.07, 6.45) is 4.09. The van der Waals surface area contributed by atoms with E-state index in [9.17, 15) is 15.0 Å². The molecule has 0 radical (unpaired) electrons. The van der Waals surface area contributed by atoms with Crippen LogP contribution in [-0.2, 0) is 14.2 Å². The van der Waals surface area contributed by atoms with E-state index in [4.69, 9.17) is 14.2 Å². The smallest absolute Gasteiger partial charge is 0.410 e. The van der Waals surface area contributed by atoms with Gasteiger partial charge in [-0.1, -0.05) is 75.4 Å². The zero-order valence-electron chi connectivity index (χ0n) is 21.0. The Morgan fingerprint density at radius 1 is 1.06 bits per heavy atom. The van der Waals surface area contributed by atoms with E-state index in [-0.39, 0.29) is 6.61 Å². The van der Waals surface area contributed by atoms with Gasteiger partial charge in [-0.25, -0.2) is 4.79 Å². The first-order valence-electron chi connectivity index (χ1n) is 12.6. The highest BCUT2D eigenvalue weighted by Crippen LogP contribution is 2.36. The molecule has 1 amide bonds. The monoisotopic (exact) mass is 475 g/mol. The predicted octanol–water partition coefficient (Wildman–Crippen LogP) is 4.73. The molecule has 190 valence electrons. The van der Waals surface area contributed by atoms with Crippen molar-refractivity contribution >= 4 is 6.09 Å². The molecular weight excluding hydrogens is 434 g/mol. The van der Waals surface area contributed by atoms with Crippen molar-refractivity contribution in [2.45, 2.75) is 102 Å². The van der Waals surface area contributed by atoms with Gasteiger partial charge in [0.25, 0.3) is 0 Å². The Morgan fingerprint density at radius 2 is 1.74 bits per heavy atom. The van der Waals surface area contributed by atoms with Gasteiger partial charge < -0.3 is 24.4 Å². The number of carbonyl (C=O) groups is 1. The minimum Gasteiger partial charge on any atom is -0.444 e. The molecule has 34 heavy (non-hydrogen) atoms. The fourth-order valence-corrected chi connectivity index (χ4v) is 4.46. The van der Waals surface area contributed by atoms with Gasteiger partial charge in [-0.15, -0.1) is 0 Å². The average molecular weight is 476 g/mol. The van der Waals surface area contributed by atoms with Gasteiger partial charge in [-0.2, -0.15) is 0 Å². The van der Waals surface area contributed by atoms with Gasteiger partial charge in [0, 0.05) is 12.1 Å². The van der Waals surface area contributed by atoms with Crippen LogP contribution in [0.2, 0.25) is 0 Å². The molecule has 1 saturated heterocycles. The summed E-state index contributed by atoms with van der Waals surface area (Å²) in [7, 11) is 0. The first-order valence-corrected chi connectivity index (χ1v) is 12.6. The van der Waals surface area contributed by atoms with E-state index >= 15 is 0 Å². The van der Waals surface area contributed by atoms with E-state index in [0.717, 1.165) is 30.4 Å². The number of ether oxygens (including phenoxy) is 3. The molecule has 0 spiro atoms. The second kappa shape index (κ2) is 12.2. The second-order valence-corrected chi connectivity index (χ2v) is 10.3. The molecule has 3 unspecified atom stereocenters. The highest BCUT2D eigenvalue weighted by molar-refractivity contribution is 5.69. The number of unbranched alkanes of at least 4 members (excludes halogenated alkanes) is 5. The van der Waals surface area contributed by atoms with Crippen molar-refractivity contribution in [1.82, 2.24) is 4.90 Å². The van der Waals surface area contributed by atoms with Gasteiger partial charge in [0.1, 0.15) is 23.9 Å². The lowest BCUT2D eigenvalue weighted by molar-refractivity contribution is -0.228. The number of carbonyl (C=O) groups excluding carboxylic acids is 1. The van der Waals surface area contributed by atoms with Crippen molar-refractivity contribution in [1.29, 1.82) is 0 Å². The third-order valence-corrected chi connectivity index (χ3v) is 6.24. The van der Waals surface area contributed by atoms with E-state index < -0.39 is 42.3 Å². The van der Waals surface area contributed by atoms with Crippen LogP contribution in [0, 0.1) is 0 Å². The number of rotatable bonds is 9. The summed E-state index contributed by atoms with van der Waals surface area (Å²) in [5, 5.41) is 22.0. The predicted molar refractivity (Wildman–Crippen MR) is 130 cm³/mol. The Hall–Kier alpha value is -1.93. The highest BCUT2D eigenvalue weighted by Gasteiger charge is 2.46. The summed E-state index contributed by atoms with van der Waals surface area (Å²) in [6, 6.07) is 8.80. The normalized spacial score (nSPS) is 27.0. The lowest BCUT2D eigenvalue weighted by atomic mass is 9.86. The molecule has 1 aromatic carbocycles. The number of aliphatic hydroxyl groups excluding tert-OH is 2. The SMILES string of the molecule is CCCCCCCCN(C(=O)OC(C)(C)C)[C@@H]1C=C2COC(c3ccccc3)O[C@@H]2C(O)C1O. The summed E-state index contributed by atoms with van der Waals surface area (Å²) in [5.41, 5.74) is 0.917. The molecule has 0 aromatic heterocycles. The number of hydrogen-bond acceptors (Lipinski definition) is 6. The largest absolute Gasteiger partial charge is 0.444 e. The zero-order chi connectivity index (χ0) is 24.7. The average Bonchev–Trinajstić information content (AvgIpc) is 2.80. The third-order valence-electron chi connectivity index (χ3n) is 6.24. The Bertz CT molecular complexity index is 805. The molecule has 7 nitrogen and oxygen atoms in total. The number of benzene rings is 1. The number of nitrogens with zero attached hydrogens (tertiary/aromatic N) is 1. The summed E-state index contributed by atoms with van der Waals surface area (Å²) in [5.74, 6) is 0. The van der Waals surface area contributed by atoms with Crippen molar-refractivity contribution in [2.24, 2.45) is 0 Å². The lowest BCUT2D eigenvalue weighted by Crippen LogP contribution is -2.59. The van der Waals surface area contributed by atoms with Crippen molar-refractivity contribution in [2.75, 3.05) is 13.2 Å². The number of hydrogen-bond donors (Lipinski definition) is 2. The van der Waals surface area contributed by atoms with E-state index in [0.29, 0.717) is 6.54 Å². The lowest BCUT2D eigenvalue weighted by Gasteiger charge is -2.44. The molecule has 1 fully saturated rings. The maximum absolute atomic E-state index is 13.1. The fourth-order valence-electron chi connectivity index (χ4n) is 4.46. The molecule has 2 N–H and O–H groups in total. The van der Waals surface area contributed by atoms with Crippen LogP contribution in [-0.4, -0.2) is 64.3 Å². The number of aliphatic hydroxyl groups is 2. The molecule has 1 heterocycles. The fraction of sp³-hybridized carbons (Fsp3) is 0.667. The van der Waals surface area contributed by atoms with Gasteiger partial charge in [-0.05, 0) is 32.8 Å². The van der Waals surface area contributed by atoms with Crippen LogP contribution in [0.3, 0.4) is 0 Å². The van der Waals surface area contributed by atoms with Gasteiger partial charge in [-0.3, -0.25) is 4.90 Å². The Balaban J connectivity index is 1.74. The minimum absolute atomic E-state index is 0.254. The summed E-state index contributed by atoms with van der Waals surface area (Å²) < 4.78 is 17.6. The second-order valence-electron chi connectivity index (χ2n) is 10.3. The van der Waals surface area contributed by atoms with Crippen molar-refractivity contribution in [3.63, 3.8) is 0 Å². The van der Waals surface area contributed by atoms with Gasteiger partial charge in [0.15, 0.2) is 6.29 Å². The molecule has 0 saturated carbocycles. The highest BCUT2D eigenvalue weighted by atomic mass is 16.7. The summed E-state index contributed by atoms with van der Waals surface area (Å²) in [6.45, 7) is 8.34. The molecule has 5 atom stereocenters. The molecule has 2 aliphatic rings. The zero-order valence-corrected chi connectivity index (χ0v) is 21.0. The van der Waals surface area contributed by atoms with Crippen LogP contribution >= 0.6 is 0 Å². The molecule has 3 rings (SSSR count). The Labute approximate surface area is 203 Å². The topological polar surface area (TPSA) is 88.5 Å². The standard InChI is InChI=1S/C27H41NO6/c1-5-6-7-8-9-13-16-28(26(31)34-27(2,3)4)21-17-20-18-32-25(19-14-11-10-12-15-19)33-24(20)23(30)22(21)29/h10-12,14-15,17,21-25,29-30H,5-9,13,16,18H2,1-4H3/t21-,22?,23?,24+,25?/m1/s1. The molecule has 1 aliphatic heterocycles. The number of amides is 1. The summed E-state index contributed by atoms with van der Waals surface area (Å²) in [4.78, 5) is 14.6. The van der Waals surface area contributed by atoms with E-state index in [2.05, 4.69) is 6.92 Å². The quantitative estimate of drug-likeness (QED) is 0.397. The molecule has 7 heteroatoms. The van der Waals surface area contributed by atoms with Crippen LogP contribution in [0.5, 0.6) is 0 Å². The van der Waals surface area contributed by atoms with Gasteiger partial charge >= 0.3 is 6.09 Å². The van der Waals surface area contributed by atoms with E-state index in [1.807, 2.05) is 57.2 Å². The molecule has 1 aromatic rings. The number of fused-ring (bicyclic) bond motifs is 1. The minimum atomic E-state index is -1.20. The third kappa shape index (κ3) is 7.04.